The van der Waals surface area contributed by atoms with Gasteiger partial charge in [0.25, 0.3) is 0 Å². The van der Waals surface area contributed by atoms with Crippen molar-refractivity contribution >= 4 is 11.8 Å². The van der Waals surface area contributed by atoms with Crippen LogP contribution in [0.4, 0.5) is 0 Å². The molecule has 2 aromatic rings. The van der Waals surface area contributed by atoms with Gasteiger partial charge in [0.15, 0.2) is 0 Å². The van der Waals surface area contributed by atoms with Crippen molar-refractivity contribution in [2.24, 2.45) is 0 Å². The Kier molecular flexibility index (Phi) is 6.02. The zero-order chi connectivity index (χ0) is 18.4. The van der Waals surface area contributed by atoms with Crippen LogP contribution in [0.15, 0.2) is 54.6 Å². The Morgan fingerprint density at radius 3 is 2.31 bits per heavy atom. The van der Waals surface area contributed by atoms with Gasteiger partial charge in [0.05, 0.1) is 0 Å². The van der Waals surface area contributed by atoms with Gasteiger partial charge < -0.3 is 10.2 Å². The van der Waals surface area contributed by atoms with E-state index < -0.39 is 11.8 Å². The third-order valence-electron chi connectivity index (χ3n) is 4.64. The highest BCUT2D eigenvalue weighted by molar-refractivity contribution is 6.35. The Labute approximate surface area is 154 Å². The van der Waals surface area contributed by atoms with Gasteiger partial charge >= 0.3 is 11.8 Å². The van der Waals surface area contributed by atoms with Crippen LogP contribution >= 0.6 is 0 Å². The first-order chi connectivity index (χ1) is 12.6. The summed E-state index contributed by atoms with van der Waals surface area (Å²) in [6.07, 6.45) is 0. The molecule has 0 saturated carbocycles. The molecule has 26 heavy (non-hydrogen) atoms. The van der Waals surface area contributed by atoms with Gasteiger partial charge in [-0.05, 0) is 18.1 Å². The highest BCUT2D eigenvalue weighted by atomic mass is 16.2. The summed E-state index contributed by atoms with van der Waals surface area (Å²) in [7, 11) is 0. The molecule has 1 fully saturated rings. The molecule has 5 nitrogen and oxygen atoms in total. The maximum Gasteiger partial charge on any atom is 0.311 e. The van der Waals surface area contributed by atoms with E-state index >= 15 is 0 Å². The molecule has 0 radical (unpaired) electrons. The highest BCUT2D eigenvalue weighted by Gasteiger charge is 2.25. The molecule has 0 bridgehead atoms. The number of nitrogens with one attached hydrogen (secondary N) is 1. The van der Waals surface area contributed by atoms with E-state index in [9.17, 15) is 9.59 Å². The van der Waals surface area contributed by atoms with Crippen molar-refractivity contribution in [3.8, 4) is 0 Å². The molecule has 0 aromatic heterocycles. The van der Waals surface area contributed by atoms with E-state index in [0.717, 1.165) is 30.8 Å². The third-order valence-corrected chi connectivity index (χ3v) is 4.64. The lowest BCUT2D eigenvalue weighted by molar-refractivity contribution is -0.147. The summed E-state index contributed by atoms with van der Waals surface area (Å²) in [4.78, 5) is 28.5. The molecule has 1 aliphatic rings. The van der Waals surface area contributed by atoms with Crippen LogP contribution in [-0.4, -0.2) is 47.8 Å². The molecule has 1 aliphatic heterocycles. The Morgan fingerprint density at radius 1 is 0.923 bits per heavy atom. The quantitative estimate of drug-likeness (QED) is 0.857. The molecular formula is C21H25N3O2. The van der Waals surface area contributed by atoms with Gasteiger partial charge in [-0.15, -0.1) is 0 Å². The molecule has 1 saturated heterocycles. The van der Waals surface area contributed by atoms with E-state index in [0.29, 0.717) is 19.6 Å². The van der Waals surface area contributed by atoms with Crippen LogP contribution in [0.3, 0.4) is 0 Å². The molecule has 0 spiro atoms. The number of nitrogens with zero attached hydrogens (tertiary/aromatic N) is 2. The van der Waals surface area contributed by atoms with Crippen molar-refractivity contribution in [3.63, 3.8) is 0 Å². The van der Waals surface area contributed by atoms with Crippen LogP contribution < -0.4 is 5.32 Å². The van der Waals surface area contributed by atoms with Gasteiger partial charge in [0, 0.05) is 39.3 Å². The molecule has 5 heteroatoms. The fraction of sp³-hybridized carbons (Fsp3) is 0.333. The van der Waals surface area contributed by atoms with Crippen molar-refractivity contribution in [3.05, 3.63) is 71.3 Å². The maximum absolute atomic E-state index is 12.3. The summed E-state index contributed by atoms with van der Waals surface area (Å²) in [5.74, 6) is -0.958. The van der Waals surface area contributed by atoms with Gasteiger partial charge in [-0.2, -0.15) is 0 Å². The lowest BCUT2D eigenvalue weighted by atomic mass is 10.1. The summed E-state index contributed by atoms with van der Waals surface area (Å²) in [5.41, 5.74) is 3.40. The number of hydrogen-bond acceptors (Lipinski definition) is 3. The first-order valence-electron chi connectivity index (χ1n) is 9.01. The highest BCUT2D eigenvalue weighted by Crippen LogP contribution is 2.09. The van der Waals surface area contributed by atoms with E-state index in [1.165, 1.54) is 5.56 Å². The van der Waals surface area contributed by atoms with Crippen molar-refractivity contribution in [2.75, 3.05) is 26.2 Å². The molecule has 1 heterocycles. The van der Waals surface area contributed by atoms with Crippen LogP contribution in [0.5, 0.6) is 0 Å². The number of hydrogen-bond donors (Lipinski definition) is 1. The average molecular weight is 351 g/mol. The normalized spacial score (nSPS) is 14.9. The molecular weight excluding hydrogens is 326 g/mol. The average Bonchev–Trinajstić information content (AvgIpc) is 2.67. The molecule has 0 aliphatic carbocycles. The fourth-order valence-electron chi connectivity index (χ4n) is 3.17. The molecule has 2 amide bonds. The van der Waals surface area contributed by atoms with E-state index in [2.05, 4.69) is 22.3 Å². The van der Waals surface area contributed by atoms with Crippen molar-refractivity contribution in [1.29, 1.82) is 0 Å². The predicted octanol–water partition coefficient (Wildman–Crippen LogP) is 1.96. The minimum absolute atomic E-state index is 0.375. The molecule has 0 unspecified atom stereocenters. The summed E-state index contributed by atoms with van der Waals surface area (Å²) >= 11 is 0. The van der Waals surface area contributed by atoms with E-state index in [1.807, 2.05) is 49.4 Å². The van der Waals surface area contributed by atoms with Crippen LogP contribution in [-0.2, 0) is 22.7 Å². The number of piperazine rings is 1. The van der Waals surface area contributed by atoms with Gasteiger partial charge in [-0.25, -0.2) is 0 Å². The summed E-state index contributed by atoms with van der Waals surface area (Å²) < 4.78 is 0. The Hall–Kier alpha value is -2.66. The standard InChI is InChI=1S/C21H25N3O2/c1-17-6-5-9-19(14-17)15-22-20(25)21(26)24-12-10-23(11-13-24)16-18-7-3-2-4-8-18/h2-9,14H,10-13,15-16H2,1H3,(H,22,25). The first-order valence-corrected chi connectivity index (χ1v) is 9.01. The Balaban J connectivity index is 1.44. The van der Waals surface area contributed by atoms with Crippen LogP contribution in [0, 0.1) is 6.92 Å². The maximum atomic E-state index is 12.3. The smallest absolute Gasteiger partial charge is 0.311 e. The number of aryl methyl sites for hydroxylation is 1. The fourth-order valence-corrected chi connectivity index (χ4v) is 3.17. The van der Waals surface area contributed by atoms with Crippen molar-refractivity contribution < 1.29 is 9.59 Å². The van der Waals surface area contributed by atoms with Crippen molar-refractivity contribution in [1.82, 2.24) is 15.1 Å². The zero-order valence-electron chi connectivity index (χ0n) is 15.1. The van der Waals surface area contributed by atoms with Crippen LogP contribution in [0.2, 0.25) is 0 Å². The van der Waals surface area contributed by atoms with E-state index in [-0.39, 0.29) is 0 Å². The molecule has 0 atom stereocenters. The lowest BCUT2D eigenvalue weighted by Crippen LogP contribution is -2.52. The largest absolute Gasteiger partial charge is 0.344 e. The number of carbonyl (C=O) groups excluding carboxylic acids is 2. The second-order valence-corrected chi connectivity index (χ2v) is 6.73. The summed E-state index contributed by atoms with van der Waals surface area (Å²) in [6.45, 7) is 6.00. The number of benzene rings is 2. The van der Waals surface area contributed by atoms with Gasteiger partial charge in [-0.1, -0.05) is 60.2 Å². The molecule has 3 rings (SSSR count). The molecule has 1 N–H and O–H groups in total. The van der Waals surface area contributed by atoms with E-state index in [4.69, 9.17) is 0 Å². The van der Waals surface area contributed by atoms with Crippen LogP contribution in [0.25, 0.3) is 0 Å². The minimum Gasteiger partial charge on any atom is -0.344 e. The van der Waals surface area contributed by atoms with Crippen molar-refractivity contribution in [2.45, 2.75) is 20.0 Å². The minimum atomic E-state index is -0.525. The van der Waals surface area contributed by atoms with Gasteiger partial charge in [0.2, 0.25) is 0 Å². The number of carbonyl (C=O) groups is 2. The lowest BCUT2D eigenvalue weighted by Gasteiger charge is -2.34. The monoisotopic (exact) mass is 351 g/mol. The van der Waals surface area contributed by atoms with Gasteiger partial charge in [0.1, 0.15) is 0 Å². The van der Waals surface area contributed by atoms with Gasteiger partial charge in [-0.3, -0.25) is 14.5 Å². The SMILES string of the molecule is Cc1cccc(CNC(=O)C(=O)N2CCN(Cc3ccccc3)CC2)c1. The second-order valence-electron chi connectivity index (χ2n) is 6.73. The predicted molar refractivity (Wildman–Crippen MR) is 101 cm³/mol. The molecule has 136 valence electrons. The number of rotatable bonds is 4. The van der Waals surface area contributed by atoms with Crippen LogP contribution in [0.1, 0.15) is 16.7 Å². The topological polar surface area (TPSA) is 52.7 Å². The second kappa shape index (κ2) is 8.63. The molecule has 2 aromatic carbocycles. The zero-order valence-corrected chi connectivity index (χ0v) is 15.1. The number of amides is 2. The third kappa shape index (κ3) is 4.92. The Bertz CT molecular complexity index is 753. The van der Waals surface area contributed by atoms with E-state index in [1.54, 1.807) is 4.90 Å². The Morgan fingerprint density at radius 2 is 1.62 bits per heavy atom. The summed E-state index contributed by atoms with van der Waals surface area (Å²) in [5, 5.41) is 2.73. The summed E-state index contributed by atoms with van der Waals surface area (Å²) in [6, 6.07) is 18.2. The first kappa shape index (κ1) is 18.1.